The van der Waals surface area contributed by atoms with Gasteiger partial charge in [-0.3, -0.25) is 4.79 Å². The van der Waals surface area contributed by atoms with Crippen LogP contribution >= 0.6 is 0 Å². The summed E-state index contributed by atoms with van der Waals surface area (Å²) in [6.07, 6.45) is 2.66. The first kappa shape index (κ1) is 16.1. The van der Waals surface area contributed by atoms with Gasteiger partial charge < -0.3 is 15.2 Å². The number of aliphatic hydroxyl groups is 1. The van der Waals surface area contributed by atoms with Gasteiger partial charge in [-0.25, -0.2) is 8.78 Å². The zero-order valence-corrected chi connectivity index (χ0v) is 11.1. The first-order valence-electron chi connectivity index (χ1n) is 6.14. The average Bonchev–Trinajstić information content (AvgIpc) is 2.45. The van der Waals surface area contributed by atoms with Crippen LogP contribution in [0, 0.1) is 0 Å². The minimum absolute atomic E-state index is 0.566. The van der Waals surface area contributed by atoms with Gasteiger partial charge in [0.25, 0.3) is 5.92 Å². The molecule has 0 spiro atoms. The molecule has 1 aromatic carbocycles. The molecule has 0 fully saturated rings. The molecule has 1 rings (SSSR count). The van der Waals surface area contributed by atoms with Crippen LogP contribution in [0.15, 0.2) is 30.3 Å². The standard InChI is InChI=1S/C14H17F2NO3/c1-2-20-12-6-3-11(4-7-12)5-8-13(19)17-9-14(15,16)10-18/h3-8,18H,2,9-10H2,1H3,(H,17,19)/b8-5+. The molecule has 0 heterocycles. The molecule has 0 aliphatic rings. The molecule has 110 valence electrons. The molecular formula is C14H17F2NO3. The van der Waals surface area contributed by atoms with Crippen molar-refractivity contribution < 1.29 is 23.4 Å². The van der Waals surface area contributed by atoms with Crippen LogP contribution in [-0.4, -0.2) is 36.7 Å². The second-order valence-electron chi connectivity index (χ2n) is 4.07. The second-order valence-corrected chi connectivity index (χ2v) is 4.07. The number of halogens is 2. The van der Waals surface area contributed by atoms with Crippen LogP contribution in [0.4, 0.5) is 8.78 Å². The van der Waals surface area contributed by atoms with Crippen LogP contribution in [0.1, 0.15) is 12.5 Å². The molecule has 0 aliphatic heterocycles. The van der Waals surface area contributed by atoms with E-state index in [0.717, 1.165) is 17.4 Å². The van der Waals surface area contributed by atoms with Crippen molar-refractivity contribution in [3.8, 4) is 5.75 Å². The molecule has 0 saturated carbocycles. The highest BCUT2D eigenvalue weighted by Gasteiger charge is 2.27. The number of hydrogen-bond donors (Lipinski definition) is 2. The zero-order chi connectivity index (χ0) is 15.0. The van der Waals surface area contributed by atoms with Crippen molar-refractivity contribution in [2.45, 2.75) is 12.8 Å². The molecular weight excluding hydrogens is 268 g/mol. The molecule has 0 atom stereocenters. The van der Waals surface area contributed by atoms with E-state index in [1.807, 2.05) is 12.2 Å². The molecule has 0 bridgehead atoms. The number of alkyl halides is 2. The number of benzene rings is 1. The lowest BCUT2D eigenvalue weighted by Gasteiger charge is -2.12. The highest BCUT2D eigenvalue weighted by atomic mass is 19.3. The summed E-state index contributed by atoms with van der Waals surface area (Å²) in [5, 5.41) is 10.4. The highest BCUT2D eigenvalue weighted by Crippen LogP contribution is 2.13. The third-order valence-corrected chi connectivity index (χ3v) is 2.37. The third kappa shape index (κ3) is 5.79. The van der Waals surface area contributed by atoms with E-state index in [4.69, 9.17) is 9.84 Å². The first-order chi connectivity index (χ1) is 9.46. The van der Waals surface area contributed by atoms with Crippen molar-refractivity contribution in [1.29, 1.82) is 0 Å². The Labute approximate surface area is 116 Å². The fourth-order valence-corrected chi connectivity index (χ4v) is 1.35. The quantitative estimate of drug-likeness (QED) is 0.752. The highest BCUT2D eigenvalue weighted by molar-refractivity contribution is 5.91. The molecule has 0 aliphatic carbocycles. The maximum absolute atomic E-state index is 12.7. The number of aliphatic hydroxyl groups excluding tert-OH is 1. The Hall–Kier alpha value is -1.95. The number of nitrogens with one attached hydrogen (secondary N) is 1. The SMILES string of the molecule is CCOc1ccc(/C=C/C(=O)NCC(F)(F)CO)cc1. The minimum atomic E-state index is -3.30. The smallest absolute Gasteiger partial charge is 0.287 e. The summed E-state index contributed by atoms with van der Waals surface area (Å²) in [5.41, 5.74) is 0.748. The molecule has 6 heteroatoms. The van der Waals surface area contributed by atoms with Crippen molar-refractivity contribution >= 4 is 12.0 Å². The van der Waals surface area contributed by atoms with E-state index < -0.39 is 25.0 Å². The lowest BCUT2D eigenvalue weighted by Crippen LogP contribution is -2.38. The van der Waals surface area contributed by atoms with Crippen molar-refractivity contribution in [3.63, 3.8) is 0 Å². The predicted octanol–water partition coefficient (Wildman–Crippen LogP) is 1.84. The number of rotatable bonds is 7. The number of amides is 1. The topological polar surface area (TPSA) is 58.6 Å². The first-order valence-corrected chi connectivity index (χ1v) is 6.14. The Balaban J connectivity index is 2.48. The summed E-state index contributed by atoms with van der Waals surface area (Å²) in [4.78, 5) is 11.3. The van der Waals surface area contributed by atoms with E-state index in [1.165, 1.54) is 6.08 Å². The average molecular weight is 285 g/mol. The Bertz CT molecular complexity index is 458. The van der Waals surface area contributed by atoms with E-state index in [2.05, 4.69) is 0 Å². The van der Waals surface area contributed by atoms with Crippen LogP contribution < -0.4 is 10.1 Å². The Morgan fingerprint density at radius 2 is 2.05 bits per heavy atom. The predicted molar refractivity (Wildman–Crippen MR) is 71.7 cm³/mol. The van der Waals surface area contributed by atoms with Crippen LogP contribution in [0.3, 0.4) is 0 Å². The van der Waals surface area contributed by atoms with Gasteiger partial charge in [-0.1, -0.05) is 12.1 Å². The van der Waals surface area contributed by atoms with Crippen LogP contribution in [0.2, 0.25) is 0 Å². The Kier molecular flexibility index (Phi) is 6.11. The van der Waals surface area contributed by atoms with Gasteiger partial charge in [0.1, 0.15) is 12.4 Å². The number of ether oxygens (including phenoxy) is 1. The molecule has 0 aromatic heterocycles. The maximum atomic E-state index is 12.7. The summed E-state index contributed by atoms with van der Waals surface area (Å²) in [7, 11) is 0. The lowest BCUT2D eigenvalue weighted by atomic mass is 10.2. The van der Waals surface area contributed by atoms with E-state index in [0.29, 0.717) is 6.61 Å². The zero-order valence-electron chi connectivity index (χ0n) is 11.1. The van der Waals surface area contributed by atoms with Gasteiger partial charge in [0.15, 0.2) is 0 Å². The number of carbonyl (C=O) groups excluding carboxylic acids is 1. The van der Waals surface area contributed by atoms with Gasteiger partial charge in [0.2, 0.25) is 5.91 Å². The molecule has 1 aromatic rings. The summed E-state index contributed by atoms with van der Waals surface area (Å²) >= 11 is 0. The van der Waals surface area contributed by atoms with E-state index >= 15 is 0 Å². The van der Waals surface area contributed by atoms with E-state index in [-0.39, 0.29) is 0 Å². The molecule has 0 radical (unpaired) electrons. The Morgan fingerprint density at radius 3 is 2.60 bits per heavy atom. The van der Waals surface area contributed by atoms with Gasteiger partial charge in [0.05, 0.1) is 13.2 Å². The molecule has 20 heavy (non-hydrogen) atoms. The van der Waals surface area contributed by atoms with Gasteiger partial charge in [-0.2, -0.15) is 0 Å². The van der Waals surface area contributed by atoms with Crippen molar-refractivity contribution in [2.24, 2.45) is 0 Å². The maximum Gasteiger partial charge on any atom is 0.287 e. The van der Waals surface area contributed by atoms with Crippen LogP contribution in [-0.2, 0) is 4.79 Å². The molecule has 0 saturated heterocycles. The lowest BCUT2D eigenvalue weighted by molar-refractivity contribution is -0.119. The monoisotopic (exact) mass is 285 g/mol. The molecule has 1 amide bonds. The molecule has 2 N–H and O–H groups in total. The Morgan fingerprint density at radius 1 is 1.40 bits per heavy atom. The summed E-state index contributed by atoms with van der Waals surface area (Å²) in [6, 6.07) is 7.00. The van der Waals surface area contributed by atoms with E-state index in [9.17, 15) is 13.6 Å². The van der Waals surface area contributed by atoms with Gasteiger partial charge in [0, 0.05) is 6.08 Å². The van der Waals surface area contributed by atoms with E-state index in [1.54, 1.807) is 24.3 Å². The van der Waals surface area contributed by atoms with Crippen LogP contribution in [0.25, 0.3) is 6.08 Å². The summed E-state index contributed by atoms with van der Waals surface area (Å²) in [6.45, 7) is 0.253. The van der Waals surface area contributed by atoms with Gasteiger partial charge in [-0.15, -0.1) is 0 Å². The van der Waals surface area contributed by atoms with Gasteiger partial charge >= 0.3 is 0 Å². The van der Waals surface area contributed by atoms with Crippen LogP contribution in [0.5, 0.6) is 5.75 Å². The van der Waals surface area contributed by atoms with Crippen molar-refractivity contribution in [1.82, 2.24) is 5.32 Å². The third-order valence-electron chi connectivity index (χ3n) is 2.37. The summed E-state index contributed by atoms with van der Waals surface area (Å²) < 4.78 is 30.6. The second kappa shape index (κ2) is 7.59. The molecule has 0 unspecified atom stereocenters. The molecule has 4 nitrogen and oxygen atoms in total. The van der Waals surface area contributed by atoms with Crippen molar-refractivity contribution in [2.75, 3.05) is 19.8 Å². The fraction of sp³-hybridized carbons (Fsp3) is 0.357. The number of carbonyl (C=O) groups is 1. The van der Waals surface area contributed by atoms with Crippen molar-refractivity contribution in [3.05, 3.63) is 35.9 Å². The minimum Gasteiger partial charge on any atom is -0.494 e. The normalized spacial score (nSPS) is 11.6. The van der Waals surface area contributed by atoms with Gasteiger partial charge in [-0.05, 0) is 30.7 Å². The number of hydrogen-bond acceptors (Lipinski definition) is 3. The summed E-state index contributed by atoms with van der Waals surface area (Å²) in [5.74, 6) is -3.23. The fourth-order valence-electron chi connectivity index (χ4n) is 1.35. The largest absolute Gasteiger partial charge is 0.494 e.